The standard InChI is InChI=1S/C15H22N2O2/c1-2-19-14-7-5-12(6-8-14)10-15(18)17-9-3-4-13(16)11-17/h5-8,13H,2-4,9-11,16H2,1H3. The van der Waals surface area contributed by atoms with E-state index >= 15 is 0 Å². The van der Waals surface area contributed by atoms with Crippen LogP contribution in [0, 0.1) is 0 Å². The van der Waals surface area contributed by atoms with Gasteiger partial charge in [0.05, 0.1) is 13.0 Å². The molecule has 104 valence electrons. The van der Waals surface area contributed by atoms with E-state index in [1.165, 1.54) is 0 Å². The highest BCUT2D eigenvalue weighted by molar-refractivity contribution is 5.79. The van der Waals surface area contributed by atoms with Gasteiger partial charge in [-0.2, -0.15) is 0 Å². The molecule has 1 aliphatic rings. The fourth-order valence-corrected chi connectivity index (χ4v) is 2.39. The summed E-state index contributed by atoms with van der Waals surface area (Å²) in [4.78, 5) is 14.0. The van der Waals surface area contributed by atoms with E-state index < -0.39 is 0 Å². The first-order valence-electron chi connectivity index (χ1n) is 6.94. The summed E-state index contributed by atoms with van der Waals surface area (Å²) in [6, 6.07) is 7.86. The molecule has 2 N–H and O–H groups in total. The number of carbonyl (C=O) groups is 1. The number of benzene rings is 1. The van der Waals surface area contributed by atoms with Gasteiger partial charge in [0, 0.05) is 19.1 Å². The number of nitrogens with two attached hydrogens (primary N) is 1. The normalized spacial score (nSPS) is 19.3. The molecular weight excluding hydrogens is 240 g/mol. The van der Waals surface area contributed by atoms with Crippen LogP contribution in [0.25, 0.3) is 0 Å². The fraction of sp³-hybridized carbons (Fsp3) is 0.533. The molecule has 1 unspecified atom stereocenters. The van der Waals surface area contributed by atoms with Gasteiger partial charge in [0.1, 0.15) is 5.75 Å². The van der Waals surface area contributed by atoms with Crippen LogP contribution >= 0.6 is 0 Å². The van der Waals surface area contributed by atoms with Gasteiger partial charge >= 0.3 is 0 Å². The Balaban J connectivity index is 1.90. The van der Waals surface area contributed by atoms with Crippen molar-refractivity contribution in [3.05, 3.63) is 29.8 Å². The van der Waals surface area contributed by atoms with Crippen molar-refractivity contribution in [1.29, 1.82) is 0 Å². The highest BCUT2D eigenvalue weighted by atomic mass is 16.5. The van der Waals surface area contributed by atoms with Gasteiger partial charge in [-0.25, -0.2) is 0 Å². The molecule has 2 rings (SSSR count). The Labute approximate surface area is 114 Å². The molecule has 1 heterocycles. The van der Waals surface area contributed by atoms with Crippen LogP contribution in [-0.2, 0) is 11.2 Å². The maximum atomic E-state index is 12.2. The third-order valence-corrected chi connectivity index (χ3v) is 3.40. The van der Waals surface area contributed by atoms with Crippen LogP contribution in [0.5, 0.6) is 5.75 Å². The number of ether oxygens (including phenoxy) is 1. The molecule has 1 fully saturated rings. The molecule has 4 heteroatoms. The number of piperidine rings is 1. The Morgan fingerprint density at radius 3 is 2.79 bits per heavy atom. The van der Waals surface area contributed by atoms with Crippen molar-refractivity contribution >= 4 is 5.91 Å². The molecule has 0 aliphatic carbocycles. The summed E-state index contributed by atoms with van der Waals surface area (Å²) in [6.07, 6.45) is 2.47. The average molecular weight is 262 g/mol. The van der Waals surface area contributed by atoms with Gasteiger partial charge in [0.25, 0.3) is 0 Å². The molecule has 1 aliphatic heterocycles. The van der Waals surface area contributed by atoms with Crippen molar-refractivity contribution in [2.45, 2.75) is 32.2 Å². The molecule has 0 aromatic heterocycles. The summed E-state index contributed by atoms with van der Waals surface area (Å²) in [5.74, 6) is 1.01. The zero-order valence-corrected chi connectivity index (χ0v) is 11.5. The lowest BCUT2D eigenvalue weighted by Gasteiger charge is -2.30. The van der Waals surface area contributed by atoms with Gasteiger partial charge in [-0.1, -0.05) is 12.1 Å². The van der Waals surface area contributed by atoms with E-state index in [0.717, 1.165) is 30.7 Å². The number of nitrogens with zero attached hydrogens (tertiary/aromatic N) is 1. The lowest BCUT2D eigenvalue weighted by molar-refractivity contribution is -0.131. The zero-order chi connectivity index (χ0) is 13.7. The first-order valence-corrected chi connectivity index (χ1v) is 6.94. The van der Waals surface area contributed by atoms with Crippen LogP contribution in [0.1, 0.15) is 25.3 Å². The van der Waals surface area contributed by atoms with Gasteiger partial charge in [-0.05, 0) is 37.5 Å². The summed E-state index contributed by atoms with van der Waals surface area (Å²) in [6.45, 7) is 4.14. The Morgan fingerprint density at radius 2 is 2.16 bits per heavy atom. The van der Waals surface area contributed by atoms with E-state index in [9.17, 15) is 4.79 Å². The van der Waals surface area contributed by atoms with Crippen LogP contribution in [0.15, 0.2) is 24.3 Å². The Morgan fingerprint density at radius 1 is 1.42 bits per heavy atom. The summed E-state index contributed by atoms with van der Waals surface area (Å²) in [7, 11) is 0. The number of carbonyl (C=O) groups excluding carboxylic acids is 1. The average Bonchev–Trinajstić information content (AvgIpc) is 2.41. The minimum Gasteiger partial charge on any atom is -0.494 e. The largest absolute Gasteiger partial charge is 0.494 e. The van der Waals surface area contributed by atoms with Crippen LogP contribution < -0.4 is 10.5 Å². The first-order chi connectivity index (χ1) is 9.19. The molecule has 1 saturated heterocycles. The maximum Gasteiger partial charge on any atom is 0.227 e. The van der Waals surface area contributed by atoms with Crippen molar-refractivity contribution in [3.63, 3.8) is 0 Å². The quantitative estimate of drug-likeness (QED) is 0.896. The predicted molar refractivity (Wildman–Crippen MR) is 75.1 cm³/mol. The molecule has 1 atom stereocenters. The molecule has 1 amide bonds. The number of likely N-dealkylation sites (tertiary alicyclic amines) is 1. The minimum absolute atomic E-state index is 0.137. The highest BCUT2D eigenvalue weighted by Gasteiger charge is 2.21. The van der Waals surface area contributed by atoms with Crippen LogP contribution in [0.2, 0.25) is 0 Å². The number of hydrogen-bond acceptors (Lipinski definition) is 3. The second kappa shape index (κ2) is 6.57. The van der Waals surface area contributed by atoms with E-state index in [4.69, 9.17) is 10.5 Å². The molecule has 1 aromatic carbocycles. The molecule has 0 bridgehead atoms. The Hall–Kier alpha value is -1.55. The van der Waals surface area contributed by atoms with E-state index in [0.29, 0.717) is 19.6 Å². The molecule has 1 aromatic rings. The third kappa shape index (κ3) is 3.96. The molecular formula is C15H22N2O2. The molecule has 0 saturated carbocycles. The molecule has 4 nitrogen and oxygen atoms in total. The topological polar surface area (TPSA) is 55.6 Å². The number of amides is 1. The second-order valence-electron chi connectivity index (χ2n) is 5.00. The van der Waals surface area contributed by atoms with E-state index in [1.807, 2.05) is 36.1 Å². The maximum absolute atomic E-state index is 12.2. The van der Waals surface area contributed by atoms with Crippen LogP contribution in [0.4, 0.5) is 0 Å². The first kappa shape index (κ1) is 13.9. The second-order valence-corrected chi connectivity index (χ2v) is 5.00. The predicted octanol–water partition coefficient (Wildman–Crippen LogP) is 1.58. The van der Waals surface area contributed by atoms with Crippen LogP contribution in [0.3, 0.4) is 0 Å². The highest BCUT2D eigenvalue weighted by Crippen LogP contribution is 2.14. The minimum atomic E-state index is 0.137. The van der Waals surface area contributed by atoms with Crippen molar-refractivity contribution < 1.29 is 9.53 Å². The van der Waals surface area contributed by atoms with Crippen LogP contribution in [-0.4, -0.2) is 36.5 Å². The molecule has 0 spiro atoms. The molecule has 0 radical (unpaired) electrons. The SMILES string of the molecule is CCOc1ccc(CC(=O)N2CCCC(N)C2)cc1. The smallest absolute Gasteiger partial charge is 0.227 e. The number of hydrogen-bond donors (Lipinski definition) is 1. The van der Waals surface area contributed by atoms with Gasteiger partial charge in [0.15, 0.2) is 0 Å². The number of rotatable bonds is 4. The zero-order valence-electron chi connectivity index (χ0n) is 11.5. The summed E-state index contributed by atoms with van der Waals surface area (Å²) >= 11 is 0. The van der Waals surface area contributed by atoms with Crippen molar-refractivity contribution in [2.75, 3.05) is 19.7 Å². The summed E-state index contributed by atoms with van der Waals surface area (Å²) in [5, 5.41) is 0. The van der Waals surface area contributed by atoms with Crippen molar-refractivity contribution in [2.24, 2.45) is 5.73 Å². The Kier molecular flexibility index (Phi) is 4.80. The van der Waals surface area contributed by atoms with Gasteiger partial charge in [-0.3, -0.25) is 4.79 Å². The van der Waals surface area contributed by atoms with Gasteiger partial charge < -0.3 is 15.4 Å². The Bertz CT molecular complexity index is 417. The molecule has 19 heavy (non-hydrogen) atoms. The van der Waals surface area contributed by atoms with E-state index in [-0.39, 0.29) is 11.9 Å². The van der Waals surface area contributed by atoms with Gasteiger partial charge in [0.2, 0.25) is 5.91 Å². The van der Waals surface area contributed by atoms with Crippen molar-refractivity contribution in [3.8, 4) is 5.75 Å². The lowest BCUT2D eigenvalue weighted by atomic mass is 10.1. The third-order valence-electron chi connectivity index (χ3n) is 3.40. The van der Waals surface area contributed by atoms with E-state index in [1.54, 1.807) is 0 Å². The fourth-order valence-electron chi connectivity index (χ4n) is 2.39. The van der Waals surface area contributed by atoms with Crippen molar-refractivity contribution in [1.82, 2.24) is 4.90 Å². The lowest BCUT2D eigenvalue weighted by Crippen LogP contribution is -2.46. The monoisotopic (exact) mass is 262 g/mol. The summed E-state index contributed by atoms with van der Waals surface area (Å²) < 4.78 is 5.38. The summed E-state index contributed by atoms with van der Waals surface area (Å²) in [5.41, 5.74) is 6.92. The van der Waals surface area contributed by atoms with Gasteiger partial charge in [-0.15, -0.1) is 0 Å². The van der Waals surface area contributed by atoms with E-state index in [2.05, 4.69) is 0 Å².